The smallest absolute Gasteiger partial charge is 0.405 e. The third-order valence-corrected chi connectivity index (χ3v) is 3.72. The van der Waals surface area contributed by atoms with E-state index in [1.54, 1.807) is 10.8 Å². The highest BCUT2D eigenvalue weighted by atomic mass is 79.9. The van der Waals surface area contributed by atoms with Crippen molar-refractivity contribution < 1.29 is 17.9 Å². The van der Waals surface area contributed by atoms with Gasteiger partial charge < -0.3 is 9.72 Å². The Bertz CT molecular complexity index is 706. The minimum absolute atomic E-state index is 0.204. The van der Waals surface area contributed by atoms with E-state index in [4.69, 9.17) is 12.2 Å². The molecule has 1 aromatic heterocycles. The fourth-order valence-electron chi connectivity index (χ4n) is 1.91. The van der Waals surface area contributed by atoms with Crippen molar-refractivity contribution in [2.75, 3.05) is 0 Å². The van der Waals surface area contributed by atoms with Crippen LogP contribution >= 0.6 is 28.1 Å². The minimum atomic E-state index is -4.72. The van der Waals surface area contributed by atoms with Crippen LogP contribution in [0.5, 0.6) is 5.75 Å². The molecule has 0 radical (unpaired) electrons. The number of rotatable bonds is 3. The summed E-state index contributed by atoms with van der Waals surface area (Å²) in [5.74, 6) is -0.0813. The first-order chi connectivity index (χ1) is 9.69. The summed E-state index contributed by atoms with van der Waals surface area (Å²) in [5, 5.41) is 0. The van der Waals surface area contributed by atoms with Gasteiger partial charge in [0.25, 0.3) is 0 Å². The summed E-state index contributed by atoms with van der Waals surface area (Å²) in [4.78, 5) is 2.94. The Hall–Kier alpha value is -1.28. The maximum Gasteiger partial charge on any atom is 0.573 e. The van der Waals surface area contributed by atoms with Crippen LogP contribution in [0.3, 0.4) is 0 Å². The van der Waals surface area contributed by atoms with Crippen molar-refractivity contribution in [2.45, 2.75) is 26.1 Å². The third-order valence-electron chi connectivity index (χ3n) is 2.80. The van der Waals surface area contributed by atoms with Gasteiger partial charge in [0, 0.05) is 17.6 Å². The zero-order valence-corrected chi connectivity index (χ0v) is 13.6. The molecule has 0 fully saturated rings. The Morgan fingerprint density at radius 3 is 2.52 bits per heavy atom. The van der Waals surface area contributed by atoms with Crippen LogP contribution < -0.4 is 4.74 Å². The van der Waals surface area contributed by atoms with Gasteiger partial charge in [-0.05, 0) is 52.3 Å². The highest BCUT2D eigenvalue weighted by Gasteiger charge is 2.32. The maximum absolute atomic E-state index is 12.3. The van der Waals surface area contributed by atoms with E-state index in [9.17, 15) is 13.2 Å². The fraction of sp³-hybridized carbons (Fsp3) is 0.308. The molecular formula is C13H12BrF3N2OS. The van der Waals surface area contributed by atoms with Gasteiger partial charge in [-0.3, -0.25) is 4.57 Å². The van der Waals surface area contributed by atoms with E-state index >= 15 is 0 Å². The Balaban J connectivity index is 2.46. The number of benzene rings is 1. The lowest BCUT2D eigenvalue weighted by atomic mass is 10.1. The first-order valence-electron chi connectivity index (χ1n) is 6.05. The Morgan fingerprint density at radius 2 is 2.00 bits per heavy atom. The van der Waals surface area contributed by atoms with E-state index in [1.807, 2.05) is 13.8 Å². The number of alkyl halides is 3. The van der Waals surface area contributed by atoms with Crippen molar-refractivity contribution in [3.05, 3.63) is 39.3 Å². The molecule has 0 saturated carbocycles. The number of imidazole rings is 1. The highest BCUT2D eigenvalue weighted by molar-refractivity contribution is 9.10. The number of nitrogens with zero attached hydrogens (tertiary/aromatic N) is 1. The van der Waals surface area contributed by atoms with Gasteiger partial charge in [-0.15, -0.1) is 13.2 Å². The lowest BCUT2D eigenvalue weighted by Crippen LogP contribution is -2.17. The molecule has 2 aromatic rings. The van der Waals surface area contributed by atoms with E-state index in [2.05, 4.69) is 25.7 Å². The molecule has 0 spiro atoms. The summed E-state index contributed by atoms with van der Waals surface area (Å²) >= 11 is 8.31. The van der Waals surface area contributed by atoms with E-state index in [1.165, 1.54) is 18.2 Å². The van der Waals surface area contributed by atoms with Gasteiger partial charge in [-0.25, -0.2) is 0 Å². The number of halogens is 4. The second-order valence-corrected chi connectivity index (χ2v) is 5.91. The lowest BCUT2D eigenvalue weighted by Gasteiger charge is -2.14. The summed E-state index contributed by atoms with van der Waals surface area (Å²) < 4.78 is 43.2. The second-order valence-electron chi connectivity index (χ2n) is 4.67. The Labute approximate surface area is 132 Å². The average molecular weight is 381 g/mol. The van der Waals surface area contributed by atoms with E-state index in [0.717, 1.165) is 5.69 Å². The van der Waals surface area contributed by atoms with Crippen molar-refractivity contribution in [1.82, 2.24) is 9.55 Å². The lowest BCUT2D eigenvalue weighted by molar-refractivity contribution is -0.274. The molecule has 0 bridgehead atoms. The Morgan fingerprint density at radius 1 is 1.33 bits per heavy atom. The molecule has 3 nitrogen and oxygen atoms in total. The van der Waals surface area contributed by atoms with Crippen LogP contribution in [0.15, 0.2) is 28.9 Å². The SMILES string of the molecule is CC(C)c1c[nH]c(=S)n1-c1ccc(OC(F)(F)F)c(Br)c1. The first kappa shape index (κ1) is 16.1. The van der Waals surface area contributed by atoms with Gasteiger partial charge in [0.05, 0.1) is 4.47 Å². The largest absolute Gasteiger partial charge is 0.573 e. The minimum Gasteiger partial charge on any atom is -0.405 e. The van der Waals surface area contributed by atoms with Crippen LogP contribution in [-0.4, -0.2) is 15.9 Å². The monoisotopic (exact) mass is 380 g/mol. The molecule has 21 heavy (non-hydrogen) atoms. The molecule has 1 aromatic carbocycles. The van der Waals surface area contributed by atoms with Gasteiger partial charge in [0.15, 0.2) is 4.77 Å². The number of H-pyrrole nitrogens is 1. The topological polar surface area (TPSA) is 29.9 Å². The molecule has 1 heterocycles. The van der Waals surface area contributed by atoms with Crippen LogP contribution in [0.4, 0.5) is 13.2 Å². The standard InChI is InChI=1S/C13H12BrF3N2OS/c1-7(2)10-6-18-12(21)19(10)8-3-4-11(9(14)5-8)20-13(15,16)17/h3-7H,1-2H3,(H,18,21). The zero-order valence-electron chi connectivity index (χ0n) is 11.2. The molecule has 1 N–H and O–H groups in total. The number of hydrogen-bond acceptors (Lipinski definition) is 2. The number of hydrogen-bond donors (Lipinski definition) is 1. The predicted molar refractivity (Wildman–Crippen MR) is 79.4 cm³/mol. The van der Waals surface area contributed by atoms with Crippen molar-refractivity contribution >= 4 is 28.1 Å². The predicted octanol–water partition coefficient (Wildman–Crippen LogP) is 5.32. The second kappa shape index (κ2) is 5.84. The quantitative estimate of drug-likeness (QED) is 0.730. The van der Waals surface area contributed by atoms with Crippen molar-refractivity contribution in [3.8, 4) is 11.4 Å². The molecule has 0 amide bonds. The van der Waals surface area contributed by atoms with Gasteiger partial charge in [-0.2, -0.15) is 0 Å². The maximum atomic E-state index is 12.3. The van der Waals surface area contributed by atoms with Gasteiger partial charge in [0.2, 0.25) is 0 Å². The van der Waals surface area contributed by atoms with Crippen molar-refractivity contribution in [3.63, 3.8) is 0 Å². The number of nitrogens with one attached hydrogen (secondary N) is 1. The Kier molecular flexibility index (Phi) is 4.48. The molecule has 0 aliphatic heterocycles. The summed E-state index contributed by atoms with van der Waals surface area (Å²) in [7, 11) is 0. The van der Waals surface area contributed by atoms with Crippen LogP contribution in [0.1, 0.15) is 25.5 Å². The molecule has 0 aliphatic rings. The molecule has 0 saturated heterocycles. The van der Waals surface area contributed by atoms with E-state index in [-0.39, 0.29) is 16.1 Å². The van der Waals surface area contributed by atoms with Crippen LogP contribution in [0.2, 0.25) is 0 Å². The molecular weight excluding hydrogens is 369 g/mol. The normalized spacial score (nSPS) is 12.0. The fourth-order valence-corrected chi connectivity index (χ4v) is 2.63. The molecule has 0 atom stereocenters. The van der Waals surface area contributed by atoms with Crippen LogP contribution in [-0.2, 0) is 0 Å². The molecule has 114 valence electrons. The third kappa shape index (κ3) is 3.68. The molecule has 0 unspecified atom stereocenters. The molecule has 0 aliphatic carbocycles. The number of aromatic amines is 1. The van der Waals surface area contributed by atoms with Crippen molar-refractivity contribution in [2.24, 2.45) is 0 Å². The summed E-state index contributed by atoms with van der Waals surface area (Å²) in [6.45, 7) is 4.01. The number of aromatic nitrogens is 2. The summed E-state index contributed by atoms with van der Waals surface area (Å²) in [6, 6.07) is 4.32. The van der Waals surface area contributed by atoms with Gasteiger partial charge >= 0.3 is 6.36 Å². The summed E-state index contributed by atoms with van der Waals surface area (Å²) in [6.07, 6.45) is -2.93. The van der Waals surface area contributed by atoms with Crippen molar-refractivity contribution in [1.29, 1.82) is 0 Å². The summed E-state index contributed by atoms with van der Waals surface area (Å²) in [5.41, 5.74) is 1.60. The van der Waals surface area contributed by atoms with Crippen LogP contribution in [0, 0.1) is 4.77 Å². The van der Waals surface area contributed by atoms with Gasteiger partial charge in [-0.1, -0.05) is 13.8 Å². The zero-order chi connectivity index (χ0) is 15.8. The average Bonchev–Trinajstić information content (AvgIpc) is 2.72. The first-order valence-corrected chi connectivity index (χ1v) is 7.25. The van der Waals surface area contributed by atoms with E-state index in [0.29, 0.717) is 10.5 Å². The van der Waals surface area contributed by atoms with Crippen LogP contribution in [0.25, 0.3) is 5.69 Å². The highest BCUT2D eigenvalue weighted by Crippen LogP contribution is 2.33. The van der Waals surface area contributed by atoms with E-state index < -0.39 is 6.36 Å². The number of ether oxygens (including phenoxy) is 1. The molecule has 2 rings (SSSR count). The molecule has 8 heteroatoms. The van der Waals surface area contributed by atoms with Gasteiger partial charge in [0.1, 0.15) is 5.75 Å².